The van der Waals surface area contributed by atoms with Crippen LogP contribution in [0.2, 0.25) is 0 Å². The Morgan fingerprint density at radius 2 is 2.23 bits per heavy atom. The zero-order valence-electron chi connectivity index (χ0n) is 12.5. The minimum Gasteiger partial charge on any atom is -0.338 e. The SMILES string of the molecule is C=CC(=O)N1CC(CCn2c(=O)ccc3cnc(C)nc32)C1. The predicted octanol–water partition coefficient (Wildman–Crippen LogP) is 1.13. The summed E-state index contributed by atoms with van der Waals surface area (Å²) in [5, 5.41) is 0.863. The summed E-state index contributed by atoms with van der Waals surface area (Å²) in [7, 11) is 0. The summed E-state index contributed by atoms with van der Waals surface area (Å²) in [4.78, 5) is 33.8. The topological polar surface area (TPSA) is 68.1 Å². The molecule has 3 rings (SSSR count). The number of fused-ring (bicyclic) bond motifs is 1. The molecule has 2 aromatic rings. The lowest BCUT2D eigenvalue weighted by molar-refractivity contribution is -0.132. The highest BCUT2D eigenvalue weighted by molar-refractivity contribution is 5.87. The van der Waals surface area contributed by atoms with Gasteiger partial charge in [0.1, 0.15) is 11.5 Å². The van der Waals surface area contributed by atoms with E-state index in [4.69, 9.17) is 0 Å². The molecule has 2 aromatic heterocycles. The van der Waals surface area contributed by atoms with E-state index in [9.17, 15) is 9.59 Å². The number of nitrogens with zero attached hydrogens (tertiary/aromatic N) is 4. The van der Waals surface area contributed by atoms with Crippen LogP contribution in [0.4, 0.5) is 0 Å². The maximum Gasteiger partial charge on any atom is 0.252 e. The fourth-order valence-electron chi connectivity index (χ4n) is 2.75. The number of rotatable bonds is 4. The van der Waals surface area contributed by atoms with E-state index >= 15 is 0 Å². The molecule has 22 heavy (non-hydrogen) atoms. The number of pyridine rings is 1. The summed E-state index contributed by atoms with van der Waals surface area (Å²) in [5.74, 6) is 1.05. The molecule has 0 unspecified atom stereocenters. The molecule has 1 aliphatic heterocycles. The van der Waals surface area contributed by atoms with Gasteiger partial charge in [-0.05, 0) is 31.4 Å². The van der Waals surface area contributed by atoms with Crippen LogP contribution in [0.25, 0.3) is 11.0 Å². The lowest BCUT2D eigenvalue weighted by Crippen LogP contribution is -2.49. The first kappa shape index (κ1) is 14.4. The molecule has 0 aromatic carbocycles. The quantitative estimate of drug-likeness (QED) is 0.794. The van der Waals surface area contributed by atoms with Gasteiger partial charge in [0, 0.05) is 37.3 Å². The molecule has 0 N–H and O–H groups in total. The molecular formula is C16H18N4O2. The first-order chi connectivity index (χ1) is 10.6. The highest BCUT2D eigenvalue weighted by Gasteiger charge is 2.28. The average Bonchev–Trinajstić information content (AvgIpc) is 2.47. The fourth-order valence-corrected chi connectivity index (χ4v) is 2.75. The van der Waals surface area contributed by atoms with Crippen molar-refractivity contribution in [3.63, 3.8) is 0 Å². The van der Waals surface area contributed by atoms with Crippen LogP contribution >= 0.6 is 0 Å². The number of amides is 1. The maximum absolute atomic E-state index is 12.1. The van der Waals surface area contributed by atoms with Crippen molar-refractivity contribution >= 4 is 16.9 Å². The Bertz CT molecular complexity index is 790. The van der Waals surface area contributed by atoms with E-state index in [1.165, 1.54) is 6.08 Å². The molecule has 1 fully saturated rings. The van der Waals surface area contributed by atoms with E-state index < -0.39 is 0 Å². The molecular weight excluding hydrogens is 280 g/mol. The molecule has 0 atom stereocenters. The van der Waals surface area contributed by atoms with Gasteiger partial charge in [0.05, 0.1) is 0 Å². The van der Waals surface area contributed by atoms with E-state index in [1.807, 2.05) is 6.92 Å². The summed E-state index contributed by atoms with van der Waals surface area (Å²) in [6.07, 6.45) is 3.93. The van der Waals surface area contributed by atoms with Crippen molar-refractivity contribution in [1.29, 1.82) is 0 Å². The van der Waals surface area contributed by atoms with Gasteiger partial charge in [-0.2, -0.15) is 0 Å². The van der Waals surface area contributed by atoms with Crippen LogP contribution in [0.1, 0.15) is 12.2 Å². The smallest absolute Gasteiger partial charge is 0.252 e. The van der Waals surface area contributed by atoms with E-state index in [-0.39, 0.29) is 11.5 Å². The number of aromatic nitrogens is 3. The summed E-state index contributed by atoms with van der Waals surface area (Å²) in [6, 6.07) is 3.30. The second-order valence-corrected chi connectivity index (χ2v) is 5.62. The Kier molecular flexibility index (Phi) is 3.75. The van der Waals surface area contributed by atoms with Gasteiger partial charge in [-0.25, -0.2) is 9.97 Å². The molecule has 0 aliphatic carbocycles. The first-order valence-electron chi connectivity index (χ1n) is 7.33. The zero-order valence-corrected chi connectivity index (χ0v) is 12.5. The zero-order chi connectivity index (χ0) is 15.7. The Hall–Kier alpha value is -2.50. The van der Waals surface area contributed by atoms with Crippen molar-refractivity contribution in [2.75, 3.05) is 13.1 Å². The van der Waals surface area contributed by atoms with Crippen molar-refractivity contribution in [2.24, 2.45) is 5.92 Å². The Morgan fingerprint density at radius 3 is 2.95 bits per heavy atom. The number of carbonyl (C=O) groups excluding carboxylic acids is 1. The minimum atomic E-state index is -0.0519. The van der Waals surface area contributed by atoms with Crippen molar-refractivity contribution in [3.05, 3.63) is 47.2 Å². The van der Waals surface area contributed by atoms with Gasteiger partial charge in [-0.15, -0.1) is 0 Å². The third-order valence-corrected chi connectivity index (χ3v) is 4.05. The molecule has 1 aliphatic rings. The maximum atomic E-state index is 12.1. The van der Waals surface area contributed by atoms with Gasteiger partial charge in [0.25, 0.3) is 5.56 Å². The van der Waals surface area contributed by atoms with Crippen LogP contribution in [0.5, 0.6) is 0 Å². The number of hydrogen-bond acceptors (Lipinski definition) is 4. The van der Waals surface area contributed by atoms with Crippen LogP contribution in [0, 0.1) is 12.8 Å². The third-order valence-electron chi connectivity index (χ3n) is 4.05. The summed E-state index contributed by atoms with van der Waals surface area (Å²) in [5.41, 5.74) is 0.627. The molecule has 0 radical (unpaired) electrons. The number of likely N-dealkylation sites (tertiary alicyclic amines) is 1. The fraction of sp³-hybridized carbons (Fsp3) is 0.375. The van der Waals surface area contributed by atoms with Crippen LogP contribution in [-0.2, 0) is 11.3 Å². The van der Waals surface area contributed by atoms with Crippen molar-refractivity contribution in [3.8, 4) is 0 Å². The summed E-state index contributed by atoms with van der Waals surface area (Å²) < 4.78 is 1.70. The Labute approximate surface area is 128 Å². The second-order valence-electron chi connectivity index (χ2n) is 5.62. The van der Waals surface area contributed by atoms with E-state index in [0.717, 1.165) is 24.9 Å². The highest BCUT2D eigenvalue weighted by Crippen LogP contribution is 2.20. The summed E-state index contributed by atoms with van der Waals surface area (Å²) >= 11 is 0. The largest absolute Gasteiger partial charge is 0.338 e. The standard InChI is InChI=1S/C16H18N4O2/c1-3-14(21)19-9-12(10-19)6-7-20-15(22)5-4-13-8-17-11(2)18-16(13)20/h3-5,8,12H,1,6-7,9-10H2,2H3. The lowest BCUT2D eigenvalue weighted by atomic mass is 9.96. The molecule has 1 saturated heterocycles. The summed E-state index contributed by atoms with van der Waals surface area (Å²) in [6.45, 7) is 7.37. The van der Waals surface area contributed by atoms with Crippen LogP contribution in [0.15, 0.2) is 35.8 Å². The van der Waals surface area contributed by atoms with Gasteiger partial charge in [-0.1, -0.05) is 6.58 Å². The van der Waals surface area contributed by atoms with Crippen LogP contribution < -0.4 is 5.56 Å². The molecule has 6 heteroatoms. The molecule has 6 nitrogen and oxygen atoms in total. The second kappa shape index (κ2) is 5.71. The normalized spacial score (nSPS) is 14.9. The minimum absolute atomic E-state index is 0.0260. The van der Waals surface area contributed by atoms with Gasteiger partial charge < -0.3 is 4.90 Å². The highest BCUT2D eigenvalue weighted by atomic mass is 16.2. The molecule has 3 heterocycles. The number of aryl methyl sites for hydroxylation is 2. The van der Waals surface area contributed by atoms with Crippen LogP contribution in [-0.4, -0.2) is 38.4 Å². The van der Waals surface area contributed by atoms with Crippen molar-refractivity contribution in [1.82, 2.24) is 19.4 Å². The van der Waals surface area contributed by atoms with Crippen molar-refractivity contribution in [2.45, 2.75) is 19.9 Å². The predicted molar refractivity (Wildman–Crippen MR) is 83.4 cm³/mol. The monoisotopic (exact) mass is 298 g/mol. The average molecular weight is 298 g/mol. The number of carbonyl (C=O) groups is 1. The molecule has 0 spiro atoms. The molecule has 0 bridgehead atoms. The first-order valence-corrected chi connectivity index (χ1v) is 7.33. The number of hydrogen-bond donors (Lipinski definition) is 0. The lowest BCUT2D eigenvalue weighted by Gasteiger charge is -2.38. The van der Waals surface area contributed by atoms with Gasteiger partial charge in [0.15, 0.2) is 0 Å². The third kappa shape index (κ3) is 2.64. The molecule has 1 amide bonds. The Morgan fingerprint density at radius 1 is 1.45 bits per heavy atom. The van der Waals surface area contributed by atoms with E-state index in [2.05, 4.69) is 16.5 Å². The molecule has 0 saturated carbocycles. The van der Waals surface area contributed by atoms with E-state index in [0.29, 0.717) is 23.9 Å². The van der Waals surface area contributed by atoms with Crippen LogP contribution in [0.3, 0.4) is 0 Å². The van der Waals surface area contributed by atoms with Gasteiger partial charge >= 0.3 is 0 Å². The van der Waals surface area contributed by atoms with Crippen molar-refractivity contribution < 1.29 is 4.79 Å². The van der Waals surface area contributed by atoms with Gasteiger partial charge in [-0.3, -0.25) is 14.2 Å². The van der Waals surface area contributed by atoms with E-state index in [1.54, 1.807) is 27.8 Å². The van der Waals surface area contributed by atoms with Gasteiger partial charge in [0.2, 0.25) is 5.91 Å². The Balaban J connectivity index is 1.73. The molecule has 114 valence electrons.